The predicted octanol–water partition coefficient (Wildman–Crippen LogP) is 2.47. The fourth-order valence-corrected chi connectivity index (χ4v) is 3.75. The molecule has 1 aromatic heterocycles. The van der Waals surface area contributed by atoms with Crippen molar-refractivity contribution in [1.82, 2.24) is 14.9 Å². The fourth-order valence-electron chi connectivity index (χ4n) is 3.55. The minimum Gasteiger partial charge on any atom is -0.361 e. The maximum absolute atomic E-state index is 11.1. The molecule has 0 amide bonds. The number of fused-ring (bicyclic) bond motifs is 2. The van der Waals surface area contributed by atoms with Crippen molar-refractivity contribution < 1.29 is 4.92 Å². The van der Waals surface area contributed by atoms with Crippen LogP contribution in [0.15, 0.2) is 6.33 Å². The van der Waals surface area contributed by atoms with Crippen molar-refractivity contribution in [2.75, 3.05) is 12.4 Å². The Morgan fingerprint density at radius 1 is 1.38 bits per heavy atom. The second kappa shape index (κ2) is 5.73. The minimum absolute atomic E-state index is 0.120. The minimum atomic E-state index is -0.527. The van der Waals surface area contributed by atoms with Crippen molar-refractivity contribution in [2.24, 2.45) is 0 Å². The number of rotatable bonds is 3. The Hall–Kier alpha value is -1.47. The van der Waals surface area contributed by atoms with E-state index in [-0.39, 0.29) is 22.7 Å². The van der Waals surface area contributed by atoms with Crippen LogP contribution in [-0.2, 0) is 0 Å². The summed E-state index contributed by atoms with van der Waals surface area (Å²) in [6.07, 6.45) is 6.87. The molecule has 3 rings (SSSR count). The van der Waals surface area contributed by atoms with E-state index < -0.39 is 4.92 Å². The van der Waals surface area contributed by atoms with Crippen molar-refractivity contribution >= 4 is 23.1 Å². The summed E-state index contributed by atoms with van der Waals surface area (Å²) in [5.41, 5.74) is -0.233. The topological polar surface area (TPSA) is 84.2 Å². The largest absolute Gasteiger partial charge is 0.361 e. The first-order valence-corrected chi connectivity index (χ1v) is 7.57. The summed E-state index contributed by atoms with van der Waals surface area (Å²) in [5.74, 6) is 0.229. The zero-order valence-corrected chi connectivity index (χ0v) is 12.6. The maximum atomic E-state index is 11.1. The third-order valence-electron chi connectivity index (χ3n) is 4.64. The first-order valence-electron chi connectivity index (χ1n) is 7.19. The molecule has 8 heteroatoms. The van der Waals surface area contributed by atoms with Gasteiger partial charge in [-0.1, -0.05) is 18.0 Å². The molecule has 0 spiro atoms. The highest BCUT2D eigenvalue weighted by atomic mass is 35.5. The molecule has 0 saturated carbocycles. The first-order chi connectivity index (χ1) is 10.1. The van der Waals surface area contributed by atoms with E-state index in [1.165, 1.54) is 25.6 Å². The summed E-state index contributed by atoms with van der Waals surface area (Å²) in [6, 6.07) is 1.29. The van der Waals surface area contributed by atoms with Crippen molar-refractivity contribution in [2.45, 2.75) is 50.2 Å². The van der Waals surface area contributed by atoms with Gasteiger partial charge < -0.3 is 10.2 Å². The molecule has 1 aromatic rings. The lowest BCUT2D eigenvalue weighted by Gasteiger charge is -2.47. The van der Waals surface area contributed by atoms with Gasteiger partial charge in [0, 0.05) is 18.1 Å². The molecule has 21 heavy (non-hydrogen) atoms. The number of piperidine rings is 2. The van der Waals surface area contributed by atoms with E-state index in [2.05, 4.69) is 27.2 Å². The molecule has 2 aliphatic heterocycles. The van der Waals surface area contributed by atoms with Crippen LogP contribution in [0.25, 0.3) is 0 Å². The molecule has 0 radical (unpaired) electrons. The van der Waals surface area contributed by atoms with E-state index in [1.807, 2.05) is 0 Å². The molecule has 2 aliphatic rings. The fraction of sp³-hybridized carbons (Fsp3) is 0.692. The van der Waals surface area contributed by atoms with Gasteiger partial charge in [-0.3, -0.25) is 10.1 Å². The van der Waals surface area contributed by atoms with Crippen LogP contribution in [0.3, 0.4) is 0 Å². The normalized spacial score (nSPS) is 29.1. The average molecular weight is 312 g/mol. The van der Waals surface area contributed by atoms with Crippen LogP contribution in [0.2, 0.25) is 5.15 Å². The number of hydrogen-bond acceptors (Lipinski definition) is 6. The van der Waals surface area contributed by atoms with Gasteiger partial charge in [0.05, 0.1) is 4.92 Å². The summed E-state index contributed by atoms with van der Waals surface area (Å²) >= 11 is 5.82. The number of nitro groups is 1. The molecular formula is C13H18ClN5O2. The zero-order valence-electron chi connectivity index (χ0n) is 11.8. The Bertz CT molecular complexity index is 541. The van der Waals surface area contributed by atoms with Gasteiger partial charge >= 0.3 is 5.69 Å². The molecule has 114 valence electrons. The zero-order chi connectivity index (χ0) is 15.0. The molecule has 2 atom stereocenters. The predicted molar refractivity (Wildman–Crippen MR) is 79.5 cm³/mol. The van der Waals surface area contributed by atoms with Gasteiger partial charge in [0.1, 0.15) is 6.33 Å². The maximum Gasteiger partial charge on any atom is 0.348 e. The van der Waals surface area contributed by atoms with Gasteiger partial charge in [-0.15, -0.1) is 0 Å². The molecule has 0 aliphatic carbocycles. The lowest BCUT2D eigenvalue weighted by atomic mass is 9.82. The summed E-state index contributed by atoms with van der Waals surface area (Å²) in [7, 11) is 2.18. The smallest absolute Gasteiger partial charge is 0.348 e. The van der Waals surface area contributed by atoms with E-state index in [0.29, 0.717) is 12.1 Å². The Labute approximate surface area is 127 Å². The summed E-state index contributed by atoms with van der Waals surface area (Å²) in [4.78, 5) is 20.7. The molecule has 1 N–H and O–H groups in total. The van der Waals surface area contributed by atoms with Crippen LogP contribution in [0.1, 0.15) is 32.1 Å². The molecule has 3 heterocycles. The second-order valence-electron chi connectivity index (χ2n) is 5.84. The van der Waals surface area contributed by atoms with E-state index in [0.717, 1.165) is 12.8 Å². The quantitative estimate of drug-likeness (QED) is 0.524. The Kier molecular flexibility index (Phi) is 3.95. The summed E-state index contributed by atoms with van der Waals surface area (Å²) in [6.45, 7) is 0. The van der Waals surface area contributed by atoms with Crippen LogP contribution < -0.4 is 5.32 Å². The number of halogens is 1. The van der Waals surface area contributed by atoms with Crippen LogP contribution >= 0.6 is 11.6 Å². The molecule has 2 saturated heterocycles. The molecule has 2 bridgehead atoms. The highest BCUT2D eigenvalue weighted by Crippen LogP contribution is 2.35. The third-order valence-corrected chi connectivity index (χ3v) is 4.92. The van der Waals surface area contributed by atoms with Crippen LogP contribution in [0.5, 0.6) is 0 Å². The van der Waals surface area contributed by atoms with E-state index in [1.54, 1.807) is 0 Å². The molecule has 2 unspecified atom stereocenters. The van der Waals surface area contributed by atoms with Crippen LogP contribution in [0, 0.1) is 10.1 Å². The van der Waals surface area contributed by atoms with E-state index >= 15 is 0 Å². The molecule has 7 nitrogen and oxygen atoms in total. The Balaban J connectivity index is 1.79. The molecular weight excluding hydrogens is 294 g/mol. The number of nitrogens with zero attached hydrogens (tertiary/aromatic N) is 4. The van der Waals surface area contributed by atoms with Gasteiger partial charge in [-0.05, 0) is 32.7 Å². The Morgan fingerprint density at radius 3 is 2.67 bits per heavy atom. The summed E-state index contributed by atoms with van der Waals surface area (Å²) in [5, 5.41) is 14.2. The lowest BCUT2D eigenvalue weighted by Crippen LogP contribution is -2.52. The van der Waals surface area contributed by atoms with Crippen molar-refractivity contribution in [3.05, 3.63) is 21.6 Å². The van der Waals surface area contributed by atoms with E-state index in [9.17, 15) is 10.1 Å². The molecule has 2 fully saturated rings. The highest BCUT2D eigenvalue weighted by Gasteiger charge is 2.37. The van der Waals surface area contributed by atoms with Crippen molar-refractivity contribution in [1.29, 1.82) is 0 Å². The number of nitrogens with one attached hydrogen (secondary N) is 1. The van der Waals surface area contributed by atoms with Gasteiger partial charge in [0.25, 0.3) is 0 Å². The number of aromatic nitrogens is 2. The van der Waals surface area contributed by atoms with Gasteiger partial charge in [-0.2, -0.15) is 0 Å². The SMILES string of the molecule is CN1C2CCCC1CC(Nc1ncnc(Cl)c1[N+](=O)[O-])C2. The van der Waals surface area contributed by atoms with Crippen LogP contribution in [0.4, 0.5) is 11.5 Å². The molecule has 0 aromatic carbocycles. The number of anilines is 1. The van der Waals surface area contributed by atoms with Gasteiger partial charge in [0.15, 0.2) is 0 Å². The monoisotopic (exact) mass is 311 g/mol. The highest BCUT2D eigenvalue weighted by molar-refractivity contribution is 6.31. The number of hydrogen-bond donors (Lipinski definition) is 1. The standard InChI is InChI=1S/C13H18ClN5O2/c1-18-9-3-2-4-10(18)6-8(5-9)17-13-11(19(20)21)12(14)15-7-16-13/h7-10H,2-6H2,1H3,(H,15,16,17). The average Bonchev–Trinajstić information content (AvgIpc) is 2.39. The Morgan fingerprint density at radius 2 is 2.05 bits per heavy atom. The third kappa shape index (κ3) is 2.80. The van der Waals surface area contributed by atoms with Crippen molar-refractivity contribution in [3.8, 4) is 0 Å². The summed E-state index contributed by atoms with van der Waals surface area (Å²) < 4.78 is 0. The van der Waals surface area contributed by atoms with E-state index in [4.69, 9.17) is 11.6 Å². The van der Waals surface area contributed by atoms with Crippen molar-refractivity contribution in [3.63, 3.8) is 0 Å². The first kappa shape index (κ1) is 14.5. The van der Waals surface area contributed by atoms with Gasteiger partial charge in [-0.25, -0.2) is 9.97 Å². The lowest BCUT2D eigenvalue weighted by molar-refractivity contribution is -0.384. The van der Waals surface area contributed by atoms with Crippen LogP contribution in [-0.4, -0.2) is 45.0 Å². The van der Waals surface area contributed by atoms with Gasteiger partial charge in [0.2, 0.25) is 11.0 Å². The second-order valence-corrected chi connectivity index (χ2v) is 6.19.